The van der Waals surface area contributed by atoms with Crippen LogP contribution in [0.1, 0.15) is 43.4 Å². The second-order valence-electron chi connectivity index (χ2n) is 20.2. The Hall–Kier alpha value is -6.63. The van der Waals surface area contributed by atoms with Gasteiger partial charge in [-0.15, -0.1) is 23.8 Å². The molecule has 0 atom stereocenters. The molecule has 353 valence electrons. The summed E-state index contributed by atoms with van der Waals surface area (Å²) in [6, 6.07) is 71.2. The number of hydrogen-bond donors (Lipinski definition) is 0. The van der Waals surface area contributed by atoms with Gasteiger partial charge in [-0.3, -0.25) is 4.98 Å². The van der Waals surface area contributed by atoms with E-state index in [2.05, 4.69) is 212 Å². The van der Waals surface area contributed by atoms with Crippen LogP contribution in [0.15, 0.2) is 193 Å². The van der Waals surface area contributed by atoms with E-state index in [4.69, 9.17) is 14.4 Å². The van der Waals surface area contributed by atoms with E-state index in [0.29, 0.717) is 5.92 Å². The predicted octanol–water partition coefficient (Wildman–Crippen LogP) is 16.6. The van der Waals surface area contributed by atoms with Gasteiger partial charge in [-0.25, -0.2) is 0 Å². The topological polar surface area (TPSA) is 43.9 Å². The van der Waals surface area contributed by atoms with Gasteiger partial charge in [0.2, 0.25) is 0 Å². The largest absolute Gasteiger partial charge is 0.500 e. The molecule has 3 aromatic heterocycles. The first kappa shape index (κ1) is 48.0. The number of rotatable bonds is 9. The molecule has 12 rings (SSSR count). The van der Waals surface area contributed by atoms with Crippen molar-refractivity contribution in [3.8, 4) is 61.7 Å². The van der Waals surface area contributed by atoms with Crippen LogP contribution < -0.4 is 4.40 Å². The molecule has 0 aliphatic heterocycles. The Morgan fingerprint density at radius 1 is 0.620 bits per heavy atom. The minimum Gasteiger partial charge on any atom is -0.500 e. The number of imidazole rings is 1. The molecule has 3 heterocycles. The first-order chi connectivity index (χ1) is 34.2. The van der Waals surface area contributed by atoms with E-state index in [1.807, 2.05) is 24.3 Å². The van der Waals surface area contributed by atoms with E-state index < -0.39 is 13.3 Å². The molecule has 1 radical (unpaired) electrons. The van der Waals surface area contributed by atoms with Crippen molar-refractivity contribution in [3.63, 3.8) is 0 Å². The Morgan fingerprint density at radius 2 is 1.35 bits per heavy atom. The first-order valence-electron chi connectivity index (χ1n) is 24.8. The Kier molecular flexibility index (Phi) is 13.9. The summed E-state index contributed by atoms with van der Waals surface area (Å²) in [6.45, 7) is 4.57. The van der Waals surface area contributed by atoms with Crippen LogP contribution in [0.4, 0.5) is 0 Å². The van der Waals surface area contributed by atoms with Crippen LogP contribution in [0.2, 0.25) is 17.3 Å². The van der Waals surface area contributed by atoms with Crippen molar-refractivity contribution in [2.24, 2.45) is 5.92 Å². The summed E-state index contributed by atoms with van der Waals surface area (Å²) in [5, 5.41) is 2.16. The van der Waals surface area contributed by atoms with Gasteiger partial charge >= 0.3 is 126 Å². The number of benzene rings is 8. The van der Waals surface area contributed by atoms with Gasteiger partial charge in [0.1, 0.15) is 5.58 Å². The Bertz CT molecular complexity index is 3650. The van der Waals surface area contributed by atoms with Crippen molar-refractivity contribution in [2.75, 3.05) is 0 Å². The van der Waals surface area contributed by atoms with Crippen LogP contribution in [0.5, 0.6) is 0 Å². The predicted molar refractivity (Wildman–Crippen MR) is 296 cm³/mol. The van der Waals surface area contributed by atoms with E-state index in [0.717, 1.165) is 96.4 Å². The van der Waals surface area contributed by atoms with E-state index in [9.17, 15) is 0 Å². The van der Waals surface area contributed by atoms with Crippen molar-refractivity contribution in [3.05, 3.63) is 217 Å². The summed E-state index contributed by atoms with van der Waals surface area (Å²) in [6.07, 6.45) is 8.15. The van der Waals surface area contributed by atoms with Gasteiger partial charge in [-0.2, -0.15) is 0 Å². The van der Waals surface area contributed by atoms with Crippen molar-refractivity contribution in [1.29, 1.82) is 0 Å². The summed E-state index contributed by atoms with van der Waals surface area (Å²) >= 11 is -1.86. The zero-order valence-corrected chi connectivity index (χ0v) is 45.6. The van der Waals surface area contributed by atoms with Crippen molar-refractivity contribution in [1.82, 2.24) is 14.5 Å². The maximum atomic E-state index is 6.63. The van der Waals surface area contributed by atoms with Gasteiger partial charge in [0.15, 0.2) is 0 Å². The van der Waals surface area contributed by atoms with E-state index in [-0.39, 0.29) is 20.1 Å². The maximum Gasteiger partial charge on any atom is 0.128 e. The van der Waals surface area contributed by atoms with Gasteiger partial charge < -0.3 is 8.98 Å². The molecule has 8 aromatic carbocycles. The van der Waals surface area contributed by atoms with Gasteiger partial charge in [0.05, 0.1) is 22.4 Å². The third-order valence-corrected chi connectivity index (χ3v) is 18.1. The molecule has 0 unspecified atom stereocenters. The van der Waals surface area contributed by atoms with E-state index >= 15 is 0 Å². The fourth-order valence-corrected chi connectivity index (χ4v) is 13.7. The number of nitrogens with zero attached hydrogens (tertiary/aromatic N) is 3. The van der Waals surface area contributed by atoms with Crippen LogP contribution in [0.25, 0.3) is 94.7 Å². The molecule has 0 bridgehead atoms. The summed E-state index contributed by atoms with van der Waals surface area (Å²) in [5.41, 5.74) is 19.3. The van der Waals surface area contributed by atoms with Crippen LogP contribution in [0.3, 0.4) is 0 Å². The van der Waals surface area contributed by atoms with Crippen molar-refractivity contribution < 1.29 is 24.5 Å². The number of furan rings is 1. The SMILES string of the molecule is CC(C)Cc1cc(-c2[c-]cccc2)nc[c]1[Ge]([CH3])([CH3])[CH3].[Ir].[c-]1cc2oc3c(-c4ccc5c(c4)CCCC5)cccc3c2cc1-c1nc2ccccc2n1-c1cc(-c2ccccc2)ccc1-c1ccccc1. The minimum absolute atomic E-state index is 0. The smallest absolute Gasteiger partial charge is 0.128 e. The summed E-state index contributed by atoms with van der Waals surface area (Å²) in [7, 11) is 0. The molecule has 0 amide bonds. The molecule has 71 heavy (non-hydrogen) atoms. The number of pyridine rings is 1. The second-order valence-corrected chi connectivity index (χ2v) is 30.7. The summed E-state index contributed by atoms with van der Waals surface area (Å²) in [4.78, 5) is 9.97. The molecule has 1 aliphatic rings. The van der Waals surface area contributed by atoms with Crippen LogP contribution in [-0.2, 0) is 39.4 Å². The normalized spacial score (nSPS) is 12.4. The third-order valence-electron chi connectivity index (χ3n) is 13.7. The molecule has 0 saturated carbocycles. The summed E-state index contributed by atoms with van der Waals surface area (Å²) in [5.74, 6) is 8.84. The standard InChI is InChI=1S/C47H33N2O.C18H24GeN.Ir/c1-3-12-31(13-4-1)35-24-26-38(33-15-5-2-6-16-33)44(30-35)49-43-21-10-9-20-42(43)48-47(49)37-25-27-45-41(29-37)40-19-11-18-39(46(40)50-45)36-23-22-32-14-7-8-17-34(32)28-36;1-14(2)11-16-12-18(15-9-7-6-8-10-15)20-13-17(16)19(3,4)5;/h1-6,9-13,15-16,18-24,26-30H,7-8,14,17H2;6-9,12-14H,11H2,1-5H3;/q2*-1;. The molecular formula is C65H57GeIrN3O-2. The van der Waals surface area contributed by atoms with Crippen LogP contribution in [0, 0.1) is 18.1 Å². The monoisotopic (exact) mass is 1160 g/mol. The molecule has 0 N–H and O–H groups in total. The Morgan fingerprint density at radius 3 is 2.11 bits per heavy atom. The summed E-state index contributed by atoms with van der Waals surface area (Å²) < 4.78 is 10.5. The third kappa shape index (κ3) is 9.89. The number of aryl methyl sites for hydroxylation is 2. The fraction of sp³-hybridized carbons (Fsp3) is 0.169. The zero-order valence-electron chi connectivity index (χ0n) is 41.1. The van der Waals surface area contributed by atoms with Gasteiger partial charge in [-0.05, 0) is 77.3 Å². The molecule has 0 saturated heterocycles. The number of aromatic nitrogens is 3. The minimum atomic E-state index is -1.86. The average Bonchev–Trinajstić information content (AvgIpc) is 3.97. The number of fused-ring (bicyclic) bond motifs is 5. The molecule has 4 nitrogen and oxygen atoms in total. The fourth-order valence-electron chi connectivity index (χ4n) is 10.3. The molecule has 6 heteroatoms. The van der Waals surface area contributed by atoms with Crippen molar-refractivity contribution >= 4 is 50.6 Å². The first-order valence-corrected chi connectivity index (χ1v) is 32.2. The van der Waals surface area contributed by atoms with Gasteiger partial charge in [0, 0.05) is 42.3 Å². The average molecular weight is 1160 g/mol. The zero-order chi connectivity index (χ0) is 47.8. The molecular weight excluding hydrogens is 1100 g/mol. The Balaban J connectivity index is 0.000000234. The quantitative estimate of drug-likeness (QED) is 0.107. The van der Waals surface area contributed by atoms with Crippen LogP contribution in [-0.4, -0.2) is 27.8 Å². The molecule has 0 spiro atoms. The number of hydrogen-bond acceptors (Lipinski definition) is 3. The Labute approximate surface area is 434 Å². The van der Waals surface area contributed by atoms with Crippen LogP contribution >= 0.6 is 0 Å². The number of para-hydroxylation sites is 3. The maximum absolute atomic E-state index is 6.63. The van der Waals surface area contributed by atoms with Gasteiger partial charge in [0.25, 0.3) is 0 Å². The molecule has 0 fully saturated rings. The van der Waals surface area contributed by atoms with Crippen molar-refractivity contribution in [2.45, 2.75) is 63.2 Å². The molecule has 1 aliphatic carbocycles. The van der Waals surface area contributed by atoms with E-state index in [1.54, 1.807) is 4.40 Å². The van der Waals surface area contributed by atoms with Gasteiger partial charge in [-0.1, -0.05) is 127 Å². The molecule has 11 aromatic rings. The second kappa shape index (κ2) is 20.6. The van der Waals surface area contributed by atoms with E-state index in [1.165, 1.54) is 47.1 Å².